The average molecular weight is 351 g/mol. The van der Waals surface area contributed by atoms with Crippen LogP contribution in [-0.2, 0) is 0 Å². The van der Waals surface area contributed by atoms with Crippen LogP contribution in [0.2, 0.25) is 0 Å². The first-order valence-electron chi connectivity index (χ1n) is 8.90. The quantitative estimate of drug-likeness (QED) is 0.773. The van der Waals surface area contributed by atoms with Gasteiger partial charge in [-0.3, -0.25) is 4.79 Å². The molecule has 1 aliphatic rings. The maximum atomic E-state index is 12.8. The number of nitrogens with zero attached hydrogens (tertiary/aromatic N) is 4. The maximum absolute atomic E-state index is 12.8. The molecule has 0 atom stereocenters. The third-order valence-corrected chi connectivity index (χ3v) is 4.71. The molecule has 0 unspecified atom stereocenters. The Morgan fingerprint density at radius 2 is 1.88 bits per heavy atom. The summed E-state index contributed by atoms with van der Waals surface area (Å²) < 4.78 is 5.27. The van der Waals surface area contributed by atoms with Crippen molar-refractivity contribution in [2.24, 2.45) is 0 Å². The average Bonchev–Trinajstić information content (AvgIpc) is 3.31. The van der Waals surface area contributed by atoms with Crippen LogP contribution in [0.1, 0.15) is 48.7 Å². The van der Waals surface area contributed by atoms with Gasteiger partial charge < -0.3 is 14.7 Å². The largest absolute Gasteiger partial charge is 0.356 e. The minimum absolute atomic E-state index is 0.218. The van der Waals surface area contributed by atoms with Gasteiger partial charge >= 0.3 is 0 Å². The molecule has 1 saturated heterocycles. The molecule has 26 heavy (non-hydrogen) atoms. The van der Waals surface area contributed by atoms with Gasteiger partial charge in [0.05, 0.1) is 0 Å². The fraction of sp³-hybridized carbons (Fsp3) is 0.368. The van der Waals surface area contributed by atoms with Crippen molar-refractivity contribution in [2.75, 3.05) is 23.3 Å². The first kappa shape index (κ1) is 16.5. The molecule has 4 rings (SSSR count). The molecule has 0 bridgehead atoms. The van der Waals surface area contributed by atoms with Gasteiger partial charge in [-0.15, -0.1) is 0 Å². The van der Waals surface area contributed by atoms with E-state index in [1.807, 2.05) is 24.3 Å². The second-order valence-corrected chi connectivity index (χ2v) is 6.83. The van der Waals surface area contributed by atoms with Crippen LogP contribution in [0.5, 0.6) is 0 Å². The third-order valence-electron chi connectivity index (χ3n) is 4.71. The van der Waals surface area contributed by atoms with E-state index >= 15 is 0 Å². The number of fused-ring (bicyclic) bond motifs is 1. The van der Waals surface area contributed by atoms with Crippen molar-refractivity contribution < 1.29 is 9.32 Å². The third kappa shape index (κ3) is 3.00. The molecule has 1 amide bonds. The van der Waals surface area contributed by atoms with Gasteiger partial charge in [-0.2, -0.15) is 4.98 Å². The SMILES string of the molecule is CC(C)c1ccc(NC(=O)c2noc3ncnc(N4CCCC4)c23)cc1. The highest BCUT2D eigenvalue weighted by atomic mass is 16.5. The lowest BCUT2D eigenvalue weighted by Gasteiger charge is -2.16. The van der Waals surface area contributed by atoms with Crippen molar-refractivity contribution in [2.45, 2.75) is 32.6 Å². The second kappa shape index (κ2) is 6.74. The molecule has 0 aliphatic carbocycles. The van der Waals surface area contributed by atoms with E-state index in [0.29, 0.717) is 22.8 Å². The van der Waals surface area contributed by atoms with E-state index in [0.717, 1.165) is 31.6 Å². The van der Waals surface area contributed by atoms with Crippen LogP contribution < -0.4 is 10.2 Å². The van der Waals surface area contributed by atoms with E-state index < -0.39 is 0 Å². The Balaban J connectivity index is 1.64. The zero-order valence-electron chi connectivity index (χ0n) is 14.9. The summed E-state index contributed by atoms with van der Waals surface area (Å²) in [6.45, 7) is 6.09. The highest BCUT2D eigenvalue weighted by Gasteiger charge is 2.25. The van der Waals surface area contributed by atoms with Crippen molar-refractivity contribution in [1.82, 2.24) is 15.1 Å². The highest BCUT2D eigenvalue weighted by molar-refractivity contribution is 6.12. The lowest BCUT2D eigenvalue weighted by atomic mass is 10.0. The van der Waals surface area contributed by atoms with E-state index in [1.165, 1.54) is 11.9 Å². The summed E-state index contributed by atoms with van der Waals surface area (Å²) in [5.41, 5.74) is 2.49. The van der Waals surface area contributed by atoms with E-state index in [2.05, 4.69) is 39.2 Å². The first-order valence-corrected chi connectivity index (χ1v) is 8.90. The number of carbonyl (C=O) groups is 1. The molecule has 1 N–H and O–H groups in total. The molecule has 134 valence electrons. The molecule has 0 saturated carbocycles. The summed E-state index contributed by atoms with van der Waals surface area (Å²) in [6.07, 6.45) is 3.68. The Morgan fingerprint density at radius 3 is 2.58 bits per heavy atom. The van der Waals surface area contributed by atoms with Gasteiger partial charge in [-0.1, -0.05) is 31.1 Å². The summed E-state index contributed by atoms with van der Waals surface area (Å²) in [4.78, 5) is 23.4. The predicted octanol–water partition coefficient (Wildman–Crippen LogP) is 3.59. The topological polar surface area (TPSA) is 84.2 Å². The highest BCUT2D eigenvalue weighted by Crippen LogP contribution is 2.29. The molecule has 7 nitrogen and oxygen atoms in total. The molecule has 3 aromatic rings. The van der Waals surface area contributed by atoms with Crippen molar-refractivity contribution in [3.05, 3.63) is 41.9 Å². The van der Waals surface area contributed by atoms with Crippen LogP contribution in [0.4, 0.5) is 11.5 Å². The van der Waals surface area contributed by atoms with Crippen LogP contribution in [0.25, 0.3) is 11.1 Å². The van der Waals surface area contributed by atoms with Crippen LogP contribution in [0.3, 0.4) is 0 Å². The van der Waals surface area contributed by atoms with Crippen LogP contribution in [0.15, 0.2) is 35.1 Å². The van der Waals surface area contributed by atoms with Gasteiger partial charge in [-0.05, 0) is 36.5 Å². The van der Waals surface area contributed by atoms with E-state index in [4.69, 9.17) is 4.52 Å². The van der Waals surface area contributed by atoms with Gasteiger partial charge in [0.25, 0.3) is 11.6 Å². The Morgan fingerprint density at radius 1 is 1.15 bits per heavy atom. The molecule has 3 heterocycles. The molecular weight excluding hydrogens is 330 g/mol. The van der Waals surface area contributed by atoms with Crippen molar-refractivity contribution >= 4 is 28.5 Å². The molecule has 1 fully saturated rings. The number of carbonyl (C=O) groups excluding carboxylic acids is 1. The maximum Gasteiger partial charge on any atom is 0.278 e. The number of rotatable bonds is 4. The minimum atomic E-state index is -0.323. The van der Waals surface area contributed by atoms with Crippen LogP contribution in [0, 0.1) is 0 Å². The number of aromatic nitrogens is 3. The van der Waals surface area contributed by atoms with E-state index in [9.17, 15) is 4.79 Å². The zero-order chi connectivity index (χ0) is 18.1. The number of hydrogen-bond acceptors (Lipinski definition) is 6. The van der Waals surface area contributed by atoms with Gasteiger partial charge in [0, 0.05) is 18.8 Å². The fourth-order valence-corrected chi connectivity index (χ4v) is 3.24. The van der Waals surface area contributed by atoms with Crippen molar-refractivity contribution in [1.29, 1.82) is 0 Å². The van der Waals surface area contributed by atoms with Gasteiger partial charge in [-0.25, -0.2) is 4.98 Å². The molecule has 0 spiro atoms. The predicted molar refractivity (Wildman–Crippen MR) is 99.5 cm³/mol. The van der Waals surface area contributed by atoms with Gasteiger partial charge in [0.1, 0.15) is 17.5 Å². The number of nitrogens with one attached hydrogen (secondary N) is 1. The monoisotopic (exact) mass is 351 g/mol. The number of anilines is 2. The zero-order valence-corrected chi connectivity index (χ0v) is 14.9. The summed E-state index contributed by atoms with van der Waals surface area (Å²) in [7, 11) is 0. The number of benzene rings is 1. The van der Waals surface area contributed by atoms with Crippen LogP contribution >= 0.6 is 0 Å². The normalized spacial score (nSPS) is 14.3. The number of amides is 1. The van der Waals surface area contributed by atoms with Gasteiger partial charge in [0.2, 0.25) is 0 Å². The first-order chi connectivity index (χ1) is 12.6. The van der Waals surface area contributed by atoms with Crippen LogP contribution in [-0.4, -0.2) is 34.1 Å². The summed E-state index contributed by atoms with van der Waals surface area (Å²) >= 11 is 0. The Kier molecular flexibility index (Phi) is 4.28. The lowest BCUT2D eigenvalue weighted by molar-refractivity contribution is 0.102. The van der Waals surface area contributed by atoms with E-state index in [-0.39, 0.29) is 11.6 Å². The molecule has 1 aliphatic heterocycles. The van der Waals surface area contributed by atoms with Crippen molar-refractivity contribution in [3.8, 4) is 0 Å². The minimum Gasteiger partial charge on any atom is -0.356 e. The Labute approximate surface area is 151 Å². The summed E-state index contributed by atoms with van der Waals surface area (Å²) in [5.74, 6) is 0.838. The molecule has 1 aromatic carbocycles. The van der Waals surface area contributed by atoms with Crippen molar-refractivity contribution in [3.63, 3.8) is 0 Å². The lowest BCUT2D eigenvalue weighted by Crippen LogP contribution is -2.20. The Bertz CT molecular complexity index is 927. The second-order valence-electron chi connectivity index (χ2n) is 6.83. The number of hydrogen-bond donors (Lipinski definition) is 1. The summed E-state index contributed by atoms with van der Waals surface area (Å²) in [6, 6.07) is 7.82. The van der Waals surface area contributed by atoms with Gasteiger partial charge in [0.15, 0.2) is 5.69 Å². The summed E-state index contributed by atoms with van der Waals surface area (Å²) in [5, 5.41) is 7.41. The molecule has 0 radical (unpaired) electrons. The van der Waals surface area contributed by atoms with E-state index in [1.54, 1.807) is 0 Å². The smallest absolute Gasteiger partial charge is 0.278 e. The molecular formula is C19H21N5O2. The standard InChI is InChI=1S/C19H21N5O2/c1-12(2)13-5-7-14(8-6-13)22-18(25)16-15-17(24-9-3-4-10-24)20-11-21-19(15)26-23-16/h5-8,11-12H,3-4,9-10H2,1-2H3,(H,22,25). The fourth-order valence-electron chi connectivity index (χ4n) is 3.24. The molecule has 7 heteroatoms. The Hall–Kier alpha value is -2.96. The molecule has 2 aromatic heterocycles.